The lowest BCUT2D eigenvalue weighted by Gasteiger charge is -2.12. The van der Waals surface area contributed by atoms with E-state index in [0.29, 0.717) is 6.54 Å². The maximum absolute atomic E-state index is 13.8. The summed E-state index contributed by atoms with van der Waals surface area (Å²) in [6.07, 6.45) is 0. The van der Waals surface area contributed by atoms with Gasteiger partial charge in [0.05, 0.1) is 12.8 Å². The van der Waals surface area contributed by atoms with Gasteiger partial charge in [0.1, 0.15) is 17.4 Å². The van der Waals surface area contributed by atoms with E-state index in [0.717, 1.165) is 23.4 Å². The van der Waals surface area contributed by atoms with Gasteiger partial charge in [0.2, 0.25) is 0 Å². The van der Waals surface area contributed by atoms with Gasteiger partial charge in [-0.3, -0.25) is 4.79 Å². The number of methoxy groups -OCH3 is 1. The maximum atomic E-state index is 13.8. The van der Waals surface area contributed by atoms with Crippen LogP contribution in [0.2, 0.25) is 0 Å². The molecule has 0 unspecified atom stereocenters. The molecule has 0 atom stereocenters. The van der Waals surface area contributed by atoms with Gasteiger partial charge in [0.25, 0.3) is 0 Å². The molecule has 0 aromatic heterocycles. The smallest absolute Gasteiger partial charge is 0.162 e. The number of ketones is 1. The molecule has 1 N–H and O–H groups in total. The molecule has 2 aromatic rings. The van der Waals surface area contributed by atoms with Gasteiger partial charge < -0.3 is 10.1 Å². The Kier molecular flexibility index (Phi) is 4.52. The van der Waals surface area contributed by atoms with E-state index in [-0.39, 0.29) is 11.3 Å². The average Bonchev–Trinajstić information content (AvgIpc) is 2.46. The van der Waals surface area contributed by atoms with Crippen LogP contribution in [0.3, 0.4) is 0 Å². The van der Waals surface area contributed by atoms with Crippen LogP contribution < -0.4 is 10.1 Å². The normalized spacial score (nSPS) is 10.3. The quantitative estimate of drug-likeness (QED) is 0.852. The number of ether oxygens (including phenoxy) is 1. The van der Waals surface area contributed by atoms with Crippen molar-refractivity contribution in [2.24, 2.45) is 0 Å². The van der Waals surface area contributed by atoms with Crippen molar-refractivity contribution in [1.82, 2.24) is 0 Å². The van der Waals surface area contributed by atoms with Gasteiger partial charge in [-0.05, 0) is 30.7 Å². The van der Waals surface area contributed by atoms with Crippen molar-refractivity contribution in [2.45, 2.75) is 13.5 Å². The molecule has 2 rings (SSSR count). The topological polar surface area (TPSA) is 38.3 Å². The fraction of sp³-hybridized carbons (Fsp3) is 0.188. The molecule has 5 heteroatoms. The molecule has 0 heterocycles. The molecule has 0 saturated heterocycles. The first kappa shape index (κ1) is 15.0. The minimum absolute atomic E-state index is 0.000937. The summed E-state index contributed by atoms with van der Waals surface area (Å²) in [4.78, 5) is 11.5. The Hall–Kier alpha value is -2.43. The monoisotopic (exact) mass is 291 g/mol. The molecule has 0 amide bonds. The van der Waals surface area contributed by atoms with Gasteiger partial charge in [-0.2, -0.15) is 0 Å². The van der Waals surface area contributed by atoms with Crippen molar-refractivity contribution in [3.05, 3.63) is 59.2 Å². The Morgan fingerprint density at radius 2 is 1.86 bits per heavy atom. The Labute approximate surface area is 121 Å². The highest BCUT2D eigenvalue weighted by Gasteiger charge is 2.14. The van der Waals surface area contributed by atoms with Crippen LogP contribution >= 0.6 is 0 Å². The predicted octanol–water partition coefficient (Wildman–Crippen LogP) is 3.79. The van der Waals surface area contributed by atoms with Crippen LogP contribution in [0.4, 0.5) is 14.5 Å². The zero-order chi connectivity index (χ0) is 15.4. The zero-order valence-corrected chi connectivity index (χ0v) is 11.7. The van der Waals surface area contributed by atoms with Crippen LogP contribution in [0.15, 0.2) is 36.4 Å². The molecular weight excluding hydrogens is 276 g/mol. The molecule has 0 aliphatic rings. The number of carbonyl (C=O) groups is 1. The molecule has 0 aliphatic heterocycles. The molecule has 21 heavy (non-hydrogen) atoms. The number of nitrogens with one attached hydrogen (secondary N) is 1. The molecule has 0 aliphatic carbocycles. The molecular formula is C16H15F2NO2. The predicted molar refractivity (Wildman–Crippen MR) is 76.7 cm³/mol. The lowest BCUT2D eigenvalue weighted by Crippen LogP contribution is -2.08. The van der Waals surface area contributed by atoms with E-state index in [9.17, 15) is 13.6 Å². The number of halogens is 2. The van der Waals surface area contributed by atoms with E-state index < -0.39 is 17.4 Å². The van der Waals surface area contributed by atoms with Gasteiger partial charge in [0.15, 0.2) is 5.78 Å². The van der Waals surface area contributed by atoms with E-state index in [1.165, 1.54) is 6.92 Å². The highest BCUT2D eigenvalue weighted by Crippen LogP contribution is 2.23. The van der Waals surface area contributed by atoms with E-state index in [1.807, 2.05) is 12.1 Å². The van der Waals surface area contributed by atoms with Crippen molar-refractivity contribution in [2.75, 3.05) is 12.4 Å². The maximum Gasteiger partial charge on any atom is 0.162 e. The summed E-state index contributed by atoms with van der Waals surface area (Å²) < 4.78 is 32.0. The number of rotatable bonds is 5. The second-order valence-electron chi connectivity index (χ2n) is 4.57. The zero-order valence-electron chi connectivity index (χ0n) is 11.7. The fourth-order valence-corrected chi connectivity index (χ4v) is 1.96. The highest BCUT2D eigenvalue weighted by atomic mass is 19.1. The molecule has 0 spiro atoms. The van der Waals surface area contributed by atoms with Crippen molar-refractivity contribution >= 4 is 11.5 Å². The summed E-state index contributed by atoms with van der Waals surface area (Å²) in [6, 6.07) is 8.99. The highest BCUT2D eigenvalue weighted by molar-refractivity contribution is 5.99. The lowest BCUT2D eigenvalue weighted by atomic mass is 10.1. The van der Waals surface area contributed by atoms with Crippen LogP contribution in [0, 0.1) is 11.6 Å². The second kappa shape index (κ2) is 6.35. The number of benzene rings is 2. The lowest BCUT2D eigenvalue weighted by molar-refractivity contribution is 0.101. The first-order chi connectivity index (χ1) is 10.0. The van der Waals surface area contributed by atoms with Crippen LogP contribution in [0.1, 0.15) is 22.8 Å². The van der Waals surface area contributed by atoms with Crippen molar-refractivity contribution in [1.29, 1.82) is 0 Å². The molecule has 0 fully saturated rings. The summed E-state index contributed by atoms with van der Waals surface area (Å²) in [5, 5.41) is 2.84. The van der Waals surface area contributed by atoms with Gasteiger partial charge in [-0.25, -0.2) is 8.78 Å². The van der Waals surface area contributed by atoms with Gasteiger partial charge in [0, 0.05) is 18.2 Å². The third-order valence-corrected chi connectivity index (χ3v) is 3.06. The largest absolute Gasteiger partial charge is 0.497 e. The summed E-state index contributed by atoms with van der Waals surface area (Å²) in [5.74, 6) is -1.23. The Morgan fingerprint density at radius 3 is 2.43 bits per heavy atom. The SMILES string of the molecule is COc1ccc(CNc2c(F)cc(F)cc2C(C)=O)cc1. The third kappa shape index (κ3) is 3.56. The van der Waals surface area contributed by atoms with Crippen LogP contribution in [0.5, 0.6) is 5.75 Å². The standard InChI is InChI=1S/C16H15F2NO2/c1-10(20)14-7-12(17)8-15(18)16(14)19-9-11-3-5-13(21-2)6-4-11/h3-8,19H,9H2,1-2H3. The van der Waals surface area contributed by atoms with Gasteiger partial charge >= 0.3 is 0 Å². The molecule has 0 radical (unpaired) electrons. The van der Waals surface area contributed by atoms with Crippen molar-refractivity contribution < 1.29 is 18.3 Å². The van der Waals surface area contributed by atoms with Crippen molar-refractivity contribution in [3.63, 3.8) is 0 Å². The first-order valence-corrected chi connectivity index (χ1v) is 6.38. The second-order valence-corrected chi connectivity index (χ2v) is 4.57. The minimum Gasteiger partial charge on any atom is -0.497 e. The van der Waals surface area contributed by atoms with Crippen LogP contribution in [-0.4, -0.2) is 12.9 Å². The van der Waals surface area contributed by atoms with E-state index in [4.69, 9.17) is 4.74 Å². The Balaban J connectivity index is 2.20. The minimum atomic E-state index is -0.784. The number of hydrogen-bond donors (Lipinski definition) is 1. The fourth-order valence-electron chi connectivity index (χ4n) is 1.96. The number of anilines is 1. The summed E-state index contributed by atoms with van der Waals surface area (Å²) in [5.41, 5.74) is 0.898. The van der Waals surface area contributed by atoms with E-state index in [1.54, 1.807) is 19.2 Å². The first-order valence-electron chi connectivity index (χ1n) is 6.38. The van der Waals surface area contributed by atoms with Crippen molar-refractivity contribution in [3.8, 4) is 5.75 Å². The van der Waals surface area contributed by atoms with E-state index >= 15 is 0 Å². The molecule has 0 saturated carbocycles. The third-order valence-electron chi connectivity index (χ3n) is 3.06. The molecule has 3 nitrogen and oxygen atoms in total. The molecule has 0 bridgehead atoms. The number of carbonyl (C=O) groups excluding carboxylic acids is 1. The summed E-state index contributed by atoms with van der Waals surface area (Å²) >= 11 is 0. The Bertz CT molecular complexity index is 654. The number of hydrogen-bond acceptors (Lipinski definition) is 3. The number of Topliss-reactive ketones (excluding diaryl/α,β-unsaturated/α-hetero) is 1. The average molecular weight is 291 g/mol. The van der Waals surface area contributed by atoms with Gasteiger partial charge in [-0.15, -0.1) is 0 Å². The molecule has 110 valence electrons. The van der Waals surface area contributed by atoms with Crippen LogP contribution in [-0.2, 0) is 6.54 Å². The summed E-state index contributed by atoms with van der Waals surface area (Å²) in [6.45, 7) is 1.58. The van der Waals surface area contributed by atoms with E-state index in [2.05, 4.69) is 5.32 Å². The summed E-state index contributed by atoms with van der Waals surface area (Å²) in [7, 11) is 1.57. The van der Waals surface area contributed by atoms with Gasteiger partial charge in [-0.1, -0.05) is 12.1 Å². The Morgan fingerprint density at radius 1 is 1.19 bits per heavy atom. The van der Waals surface area contributed by atoms with Crippen LogP contribution in [0.25, 0.3) is 0 Å². The molecule has 2 aromatic carbocycles.